The maximum Gasteiger partial charge on any atom is 0.321 e. The van der Waals surface area contributed by atoms with Crippen LogP contribution in [-0.4, -0.2) is 30.0 Å². The summed E-state index contributed by atoms with van der Waals surface area (Å²) in [5.74, 6) is -0.310. The predicted molar refractivity (Wildman–Crippen MR) is 101 cm³/mol. The number of esters is 1. The summed E-state index contributed by atoms with van der Waals surface area (Å²) in [5, 5.41) is 2.88. The third-order valence-electron chi connectivity index (χ3n) is 4.60. The highest BCUT2D eigenvalue weighted by atomic mass is 16.5. The zero-order valence-corrected chi connectivity index (χ0v) is 15.0. The van der Waals surface area contributed by atoms with Crippen LogP contribution in [0.25, 0.3) is 0 Å². The van der Waals surface area contributed by atoms with E-state index in [0.29, 0.717) is 32.5 Å². The van der Waals surface area contributed by atoms with Crippen molar-refractivity contribution in [3.05, 3.63) is 65.7 Å². The highest BCUT2D eigenvalue weighted by Gasteiger charge is 2.28. The summed E-state index contributed by atoms with van der Waals surface area (Å²) in [6.07, 6.45) is 1.27. The lowest BCUT2D eigenvalue weighted by molar-refractivity contribution is -0.151. The Labute approximate surface area is 154 Å². The van der Waals surface area contributed by atoms with Crippen molar-refractivity contribution in [2.24, 2.45) is 5.92 Å². The highest BCUT2D eigenvalue weighted by Crippen LogP contribution is 2.20. The molecule has 0 aliphatic carbocycles. The van der Waals surface area contributed by atoms with E-state index in [1.165, 1.54) is 0 Å². The molecule has 0 radical (unpaired) electrons. The minimum Gasteiger partial charge on any atom is -0.461 e. The first kappa shape index (κ1) is 18.0. The first-order valence-corrected chi connectivity index (χ1v) is 8.95. The van der Waals surface area contributed by atoms with Gasteiger partial charge in [-0.05, 0) is 37.5 Å². The van der Waals surface area contributed by atoms with E-state index < -0.39 is 0 Å². The van der Waals surface area contributed by atoms with E-state index in [1.807, 2.05) is 61.5 Å². The molecule has 1 saturated heterocycles. The van der Waals surface area contributed by atoms with E-state index >= 15 is 0 Å². The first-order chi connectivity index (χ1) is 12.6. The van der Waals surface area contributed by atoms with Gasteiger partial charge in [-0.25, -0.2) is 4.79 Å². The minimum absolute atomic E-state index is 0.122. The van der Waals surface area contributed by atoms with Gasteiger partial charge in [-0.1, -0.05) is 48.0 Å². The Bertz CT molecular complexity index is 753. The number of benzene rings is 2. The lowest BCUT2D eigenvalue weighted by Gasteiger charge is -2.31. The van der Waals surface area contributed by atoms with Crippen LogP contribution in [0.15, 0.2) is 54.6 Å². The SMILES string of the molecule is Cc1cccc(COC(=O)C2CCN(C(=O)Nc3ccccc3)CC2)c1. The second kappa shape index (κ2) is 8.52. The van der Waals surface area contributed by atoms with Gasteiger partial charge >= 0.3 is 12.0 Å². The van der Waals surface area contributed by atoms with Crippen LogP contribution in [0.2, 0.25) is 0 Å². The van der Waals surface area contributed by atoms with Crippen molar-refractivity contribution < 1.29 is 14.3 Å². The summed E-state index contributed by atoms with van der Waals surface area (Å²) >= 11 is 0. The number of likely N-dealkylation sites (tertiary alicyclic amines) is 1. The number of rotatable bonds is 4. The molecule has 0 bridgehead atoms. The van der Waals surface area contributed by atoms with Crippen LogP contribution in [0.3, 0.4) is 0 Å². The zero-order chi connectivity index (χ0) is 18.4. The van der Waals surface area contributed by atoms with E-state index in [1.54, 1.807) is 4.90 Å². The number of nitrogens with zero attached hydrogens (tertiary/aromatic N) is 1. The van der Waals surface area contributed by atoms with Crippen molar-refractivity contribution in [1.29, 1.82) is 0 Å². The van der Waals surface area contributed by atoms with Crippen molar-refractivity contribution in [1.82, 2.24) is 4.90 Å². The van der Waals surface area contributed by atoms with Gasteiger partial charge in [-0.3, -0.25) is 4.79 Å². The fraction of sp³-hybridized carbons (Fsp3) is 0.333. The number of carbonyl (C=O) groups excluding carboxylic acids is 2. The van der Waals surface area contributed by atoms with Crippen molar-refractivity contribution >= 4 is 17.7 Å². The Morgan fingerprint density at radius 3 is 2.50 bits per heavy atom. The quantitative estimate of drug-likeness (QED) is 0.847. The molecule has 0 spiro atoms. The van der Waals surface area contributed by atoms with Crippen molar-refractivity contribution in [2.45, 2.75) is 26.4 Å². The molecule has 0 atom stereocenters. The molecular formula is C21H24N2O3. The van der Waals surface area contributed by atoms with Gasteiger partial charge in [0.1, 0.15) is 6.61 Å². The molecule has 0 unspecified atom stereocenters. The number of aryl methyl sites for hydroxylation is 1. The molecule has 0 saturated carbocycles. The van der Waals surface area contributed by atoms with Gasteiger partial charge < -0.3 is 15.0 Å². The van der Waals surface area contributed by atoms with Gasteiger partial charge in [0.25, 0.3) is 0 Å². The summed E-state index contributed by atoms with van der Waals surface area (Å²) in [4.78, 5) is 26.3. The molecule has 1 fully saturated rings. The van der Waals surface area contributed by atoms with Crippen LogP contribution in [0.4, 0.5) is 10.5 Å². The van der Waals surface area contributed by atoms with Gasteiger partial charge in [0.15, 0.2) is 0 Å². The van der Waals surface area contributed by atoms with Gasteiger partial charge in [0.05, 0.1) is 5.92 Å². The van der Waals surface area contributed by atoms with Crippen molar-refractivity contribution in [2.75, 3.05) is 18.4 Å². The number of ether oxygens (including phenoxy) is 1. The normalized spacial score (nSPS) is 14.7. The third kappa shape index (κ3) is 4.85. The van der Waals surface area contributed by atoms with E-state index in [0.717, 1.165) is 16.8 Å². The molecule has 26 heavy (non-hydrogen) atoms. The predicted octanol–water partition coefficient (Wildman–Crippen LogP) is 3.98. The van der Waals surface area contributed by atoms with Crippen LogP contribution >= 0.6 is 0 Å². The minimum atomic E-state index is -0.172. The lowest BCUT2D eigenvalue weighted by atomic mass is 9.97. The molecule has 136 valence electrons. The van der Waals surface area contributed by atoms with Gasteiger partial charge in [0, 0.05) is 18.8 Å². The summed E-state index contributed by atoms with van der Waals surface area (Å²) in [7, 11) is 0. The molecule has 3 rings (SSSR count). The van der Waals surface area contributed by atoms with Crippen LogP contribution in [-0.2, 0) is 16.1 Å². The Morgan fingerprint density at radius 2 is 1.81 bits per heavy atom. The number of anilines is 1. The fourth-order valence-electron chi connectivity index (χ4n) is 3.12. The number of carbonyl (C=O) groups is 2. The summed E-state index contributed by atoms with van der Waals surface area (Å²) in [5.41, 5.74) is 2.92. The van der Waals surface area contributed by atoms with Gasteiger partial charge in [-0.15, -0.1) is 0 Å². The molecule has 1 aliphatic heterocycles. The number of hydrogen-bond acceptors (Lipinski definition) is 3. The summed E-state index contributed by atoms with van der Waals surface area (Å²) in [6, 6.07) is 17.2. The molecule has 1 heterocycles. The monoisotopic (exact) mass is 352 g/mol. The van der Waals surface area contributed by atoms with E-state index in [4.69, 9.17) is 4.74 Å². The van der Waals surface area contributed by atoms with E-state index in [-0.39, 0.29) is 17.9 Å². The maximum atomic E-state index is 12.3. The Balaban J connectivity index is 1.44. The van der Waals surface area contributed by atoms with Crippen LogP contribution in [0.1, 0.15) is 24.0 Å². The molecule has 1 aliphatic rings. The summed E-state index contributed by atoms with van der Waals surface area (Å²) in [6.45, 7) is 3.43. The van der Waals surface area contributed by atoms with E-state index in [2.05, 4.69) is 5.32 Å². The van der Waals surface area contributed by atoms with Crippen molar-refractivity contribution in [3.63, 3.8) is 0 Å². The average Bonchev–Trinajstić information content (AvgIpc) is 2.67. The second-order valence-corrected chi connectivity index (χ2v) is 6.65. The van der Waals surface area contributed by atoms with Gasteiger partial charge in [-0.2, -0.15) is 0 Å². The Morgan fingerprint density at radius 1 is 1.08 bits per heavy atom. The second-order valence-electron chi connectivity index (χ2n) is 6.65. The largest absolute Gasteiger partial charge is 0.461 e. The van der Waals surface area contributed by atoms with Crippen molar-refractivity contribution in [3.8, 4) is 0 Å². The molecule has 5 nitrogen and oxygen atoms in total. The summed E-state index contributed by atoms with van der Waals surface area (Å²) < 4.78 is 5.46. The van der Waals surface area contributed by atoms with Gasteiger partial charge in [0.2, 0.25) is 0 Å². The number of piperidine rings is 1. The standard InChI is InChI=1S/C21H24N2O3/c1-16-6-5-7-17(14-16)15-26-20(24)18-10-12-23(13-11-18)21(25)22-19-8-3-2-4-9-19/h2-9,14,18H,10-13,15H2,1H3,(H,22,25). The Kier molecular flexibility index (Phi) is 5.89. The first-order valence-electron chi connectivity index (χ1n) is 8.95. The lowest BCUT2D eigenvalue weighted by Crippen LogP contribution is -2.42. The molecule has 2 amide bonds. The van der Waals surface area contributed by atoms with Crippen LogP contribution in [0.5, 0.6) is 0 Å². The topological polar surface area (TPSA) is 58.6 Å². The number of para-hydroxylation sites is 1. The highest BCUT2D eigenvalue weighted by molar-refractivity contribution is 5.89. The fourth-order valence-corrected chi connectivity index (χ4v) is 3.12. The van der Waals surface area contributed by atoms with Crippen LogP contribution in [0, 0.1) is 12.8 Å². The Hall–Kier alpha value is -2.82. The molecule has 1 N–H and O–H groups in total. The number of nitrogens with one attached hydrogen (secondary N) is 1. The number of hydrogen-bond donors (Lipinski definition) is 1. The number of urea groups is 1. The molecule has 2 aromatic carbocycles. The number of amides is 2. The average molecular weight is 352 g/mol. The van der Waals surface area contributed by atoms with E-state index in [9.17, 15) is 9.59 Å². The maximum absolute atomic E-state index is 12.3. The molecule has 0 aromatic heterocycles. The molecular weight excluding hydrogens is 328 g/mol. The molecule has 5 heteroatoms. The zero-order valence-electron chi connectivity index (χ0n) is 15.0. The smallest absolute Gasteiger partial charge is 0.321 e. The van der Waals surface area contributed by atoms with Crippen LogP contribution < -0.4 is 5.32 Å². The third-order valence-corrected chi connectivity index (χ3v) is 4.60. The molecule has 2 aromatic rings.